The molecule has 1 unspecified atom stereocenters. The molecule has 7 heteroatoms. The monoisotopic (exact) mass is 285 g/mol. The molecule has 0 saturated heterocycles. The van der Waals surface area contributed by atoms with E-state index in [0.29, 0.717) is 5.69 Å². The highest BCUT2D eigenvalue weighted by Crippen LogP contribution is 2.27. The van der Waals surface area contributed by atoms with Gasteiger partial charge < -0.3 is 11.1 Å². The fourth-order valence-electron chi connectivity index (χ4n) is 1.63. The minimum absolute atomic E-state index is 0.0989. The Morgan fingerprint density at radius 3 is 2.58 bits per heavy atom. The highest BCUT2D eigenvalue weighted by Gasteiger charge is 2.21. The lowest BCUT2D eigenvalue weighted by atomic mass is 9.95. The molecule has 19 heavy (non-hydrogen) atoms. The number of carbonyl (C=O) groups is 1. The van der Waals surface area contributed by atoms with E-state index in [1.807, 2.05) is 13.8 Å². The SMILES string of the molecule is CC(C)C(CN)C(=O)Nc1ccc([N+](=O)[O-])cc1Cl. The van der Waals surface area contributed by atoms with Gasteiger partial charge in [0.1, 0.15) is 0 Å². The van der Waals surface area contributed by atoms with E-state index in [4.69, 9.17) is 17.3 Å². The molecule has 1 atom stereocenters. The van der Waals surface area contributed by atoms with E-state index in [1.165, 1.54) is 18.2 Å². The fourth-order valence-corrected chi connectivity index (χ4v) is 1.85. The number of nitro groups is 1. The summed E-state index contributed by atoms with van der Waals surface area (Å²) in [5, 5.41) is 13.3. The highest BCUT2D eigenvalue weighted by atomic mass is 35.5. The number of benzene rings is 1. The van der Waals surface area contributed by atoms with Crippen molar-refractivity contribution in [2.75, 3.05) is 11.9 Å². The van der Waals surface area contributed by atoms with Crippen LogP contribution in [0.4, 0.5) is 11.4 Å². The number of rotatable bonds is 5. The average Bonchev–Trinajstić information content (AvgIpc) is 2.31. The van der Waals surface area contributed by atoms with Gasteiger partial charge in [0, 0.05) is 18.7 Å². The van der Waals surface area contributed by atoms with Crippen molar-refractivity contribution in [3.05, 3.63) is 33.3 Å². The number of nitrogens with zero attached hydrogens (tertiary/aromatic N) is 1. The third-order valence-corrected chi connectivity index (χ3v) is 3.13. The number of hydrogen-bond donors (Lipinski definition) is 2. The Morgan fingerprint density at radius 2 is 2.16 bits per heavy atom. The second kappa shape index (κ2) is 6.49. The van der Waals surface area contributed by atoms with E-state index in [9.17, 15) is 14.9 Å². The molecule has 1 amide bonds. The third-order valence-electron chi connectivity index (χ3n) is 2.82. The Kier molecular flexibility index (Phi) is 5.26. The second-order valence-electron chi connectivity index (χ2n) is 4.50. The lowest BCUT2D eigenvalue weighted by molar-refractivity contribution is -0.384. The maximum atomic E-state index is 12.0. The minimum Gasteiger partial charge on any atom is -0.330 e. The van der Waals surface area contributed by atoms with Gasteiger partial charge >= 0.3 is 0 Å². The number of anilines is 1. The number of nitrogens with two attached hydrogens (primary N) is 1. The molecular formula is C12H16ClN3O3. The van der Waals surface area contributed by atoms with Crippen LogP contribution in [-0.4, -0.2) is 17.4 Å². The standard InChI is InChI=1S/C12H16ClN3O3/c1-7(2)9(6-14)12(17)15-11-4-3-8(16(18)19)5-10(11)13/h3-5,7,9H,6,14H2,1-2H3,(H,15,17). The van der Waals surface area contributed by atoms with Gasteiger partial charge in [0.05, 0.1) is 21.6 Å². The van der Waals surface area contributed by atoms with Crippen LogP contribution < -0.4 is 11.1 Å². The zero-order chi connectivity index (χ0) is 14.6. The fraction of sp³-hybridized carbons (Fsp3) is 0.417. The molecule has 0 fully saturated rings. The number of halogens is 1. The number of nitrogens with one attached hydrogen (secondary N) is 1. The molecule has 0 aromatic heterocycles. The molecular weight excluding hydrogens is 270 g/mol. The molecule has 0 bridgehead atoms. The van der Waals surface area contributed by atoms with Crippen molar-refractivity contribution in [2.24, 2.45) is 17.6 Å². The van der Waals surface area contributed by atoms with Gasteiger partial charge in [0.25, 0.3) is 5.69 Å². The van der Waals surface area contributed by atoms with Crippen LogP contribution in [0.2, 0.25) is 5.02 Å². The average molecular weight is 286 g/mol. The van der Waals surface area contributed by atoms with Crippen molar-refractivity contribution in [1.82, 2.24) is 0 Å². The highest BCUT2D eigenvalue weighted by molar-refractivity contribution is 6.34. The Hall–Kier alpha value is -1.66. The van der Waals surface area contributed by atoms with Gasteiger partial charge in [-0.15, -0.1) is 0 Å². The normalized spacial score (nSPS) is 12.3. The van der Waals surface area contributed by atoms with Crippen LogP contribution in [0.3, 0.4) is 0 Å². The van der Waals surface area contributed by atoms with E-state index in [2.05, 4.69) is 5.32 Å². The molecule has 0 saturated carbocycles. The first-order valence-electron chi connectivity index (χ1n) is 5.81. The molecule has 104 valence electrons. The van der Waals surface area contributed by atoms with Gasteiger partial charge in [-0.05, 0) is 12.0 Å². The summed E-state index contributed by atoms with van der Waals surface area (Å²) in [5.41, 5.74) is 5.77. The van der Waals surface area contributed by atoms with Crippen LogP contribution in [0.25, 0.3) is 0 Å². The smallest absolute Gasteiger partial charge is 0.271 e. The first-order chi connectivity index (χ1) is 8.86. The van der Waals surface area contributed by atoms with Gasteiger partial charge in [0.15, 0.2) is 0 Å². The summed E-state index contributed by atoms with van der Waals surface area (Å²) in [6, 6.07) is 3.89. The zero-order valence-corrected chi connectivity index (χ0v) is 11.5. The molecule has 0 aliphatic heterocycles. The molecule has 3 N–H and O–H groups in total. The number of carbonyl (C=O) groups excluding carboxylic acids is 1. The maximum absolute atomic E-state index is 12.0. The first-order valence-corrected chi connectivity index (χ1v) is 6.19. The lowest BCUT2D eigenvalue weighted by Gasteiger charge is -2.18. The van der Waals surface area contributed by atoms with E-state index < -0.39 is 4.92 Å². The van der Waals surface area contributed by atoms with Crippen molar-refractivity contribution < 1.29 is 9.72 Å². The summed E-state index contributed by atoms with van der Waals surface area (Å²) >= 11 is 5.89. The van der Waals surface area contributed by atoms with E-state index in [1.54, 1.807) is 0 Å². The van der Waals surface area contributed by atoms with Crippen molar-refractivity contribution in [3.63, 3.8) is 0 Å². The maximum Gasteiger partial charge on any atom is 0.271 e. The van der Waals surface area contributed by atoms with Gasteiger partial charge in [-0.1, -0.05) is 25.4 Å². The second-order valence-corrected chi connectivity index (χ2v) is 4.90. The summed E-state index contributed by atoms with van der Waals surface area (Å²) in [5.74, 6) is -0.471. The van der Waals surface area contributed by atoms with Crippen LogP contribution >= 0.6 is 11.6 Å². The summed E-state index contributed by atoms with van der Waals surface area (Å²) in [6.07, 6.45) is 0. The minimum atomic E-state index is -0.547. The Balaban J connectivity index is 2.88. The van der Waals surface area contributed by atoms with Crippen molar-refractivity contribution in [1.29, 1.82) is 0 Å². The topological polar surface area (TPSA) is 98.3 Å². The number of amides is 1. The molecule has 1 aromatic rings. The summed E-state index contributed by atoms with van der Waals surface area (Å²) in [4.78, 5) is 22.0. The predicted molar refractivity (Wildman–Crippen MR) is 74.1 cm³/mol. The number of hydrogen-bond acceptors (Lipinski definition) is 4. The quantitative estimate of drug-likeness (QED) is 0.641. The van der Waals surface area contributed by atoms with Crippen LogP contribution in [0, 0.1) is 22.0 Å². The number of non-ortho nitro benzene ring substituents is 1. The third kappa shape index (κ3) is 3.90. The van der Waals surface area contributed by atoms with Crippen molar-refractivity contribution in [3.8, 4) is 0 Å². The molecule has 0 aliphatic rings. The lowest BCUT2D eigenvalue weighted by Crippen LogP contribution is -2.33. The van der Waals surface area contributed by atoms with Crippen LogP contribution in [-0.2, 0) is 4.79 Å². The van der Waals surface area contributed by atoms with Crippen molar-refractivity contribution in [2.45, 2.75) is 13.8 Å². The van der Waals surface area contributed by atoms with Gasteiger partial charge in [-0.3, -0.25) is 14.9 Å². The van der Waals surface area contributed by atoms with Crippen LogP contribution in [0.1, 0.15) is 13.8 Å². The predicted octanol–water partition coefficient (Wildman–Crippen LogP) is 2.42. The van der Waals surface area contributed by atoms with Gasteiger partial charge in [0.2, 0.25) is 5.91 Å². The van der Waals surface area contributed by atoms with Gasteiger partial charge in [-0.2, -0.15) is 0 Å². The zero-order valence-electron chi connectivity index (χ0n) is 10.7. The summed E-state index contributed by atoms with van der Waals surface area (Å²) in [7, 11) is 0. The molecule has 0 heterocycles. The Labute approximate surface area is 116 Å². The Bertz CT molecular complexity index is 491. The van der Waals surface area contributed by atoms with E-state index >= 15 is 0 Å². The molecule has 6 nitrogen and oxygen atoms in total. The first kappa shape index (κ1) is 15.4. The van der Waals surface area contributed by atoms with Crippen LogP contribution in [0.15, 0.2) is 18.2 Å². The molecule has 0 spiro atoms. The van der Waals surface area contributed by atoms with Crippen molar-refractivity contribution >= 4 is 28.9 Å². The molecule has 1 aromatic carbocycles. The number of nitro benzene ring substituents is 1. The molecule has 1 rings (SSSR count). The van der Waals surface area contributed by atoms with Gasteiger partial charge in [-0.25, -0.2) is 0 Å². The molecule has 0 aliphatic carbocycles. The summed E-state index contributed by atoms with van der Waals surface area (Å²) < 4.78 is 0. The van der Waals surface area contributed by atoms with E-state index in [-0.39, 0.29) is 35.0 Å². The Morgan fingerprint density at radius 1 is 1.53 bits per heavy atom. The van der Waals surface area contributed by atoms with E-state index in [0.717, 1.165) is 0 Å². The molecule has 0 radical (unpaired) electrons. The summed E-state index contributed by atoms with van der Waals surface area (Å²) in [6.45, 7) is 4.02. The largest absolute Gasteiger partial charge is 0.330 e. The van der Waals surface area contributed by atoms with Crippen LogP contribution in [0.5, 0.6) is 0 Å².